The van der Waals surface area contributed by atoms with Crippen LogP contribution in [0.25, 0.3) is 0 Å². The molecule has 0 aliphatic heterocycles. The number of benzene rings is 1. The van der Waals surface area contributed by atoms with Crippen molar-refractivity contribution >= 4 is 17.3 Å². The number of rotatable bonds is 4. The third-order valence-electron chi connectivity index (χ3n) is 2.46. The van der Waals surface area contributed by atoms with E-state index < -0.39 is 5.97 Å². The van der Waals surface area contributed by atoms with Crippen molar-refractivity contribution in [1.82, 2.24) is 4.98 Å². The normalized spacial score (nSPS) is 10.3. The lowest BCUT2D eigenvalue weighted by Gasteiger charge is -2.08. The van der Waals surface area contributed by atoms with Crippen LogP contribution in [0.4, 0.5) is 0 Å². The van der Waals surface area contributed by atoms with Crippen LogP contribution >= 0.6 is 11.3 Å². The van der Waals surface area contributed by atoms with E-state index in [4.69, 9.17) is 9.84 Å². The summed E-state index contributed by atoms with van der Waals surface area (Å²) < 4.78 is 5.62. The van der Waals surface area contributed by atoms with Gasteiger partial charge in [-0.3, -0.25) is 0 Å². The number of carboxylic acid groups (broad SMARTS) is 1. The van der Waals surface area contributed by atoms with Crippen LogP contribution in [0, 0.1) is 13.8 Å². The summed E-state index contributed by atoms with van der Waals surface area (Å²) in [7, 11) is 0. The lowest BCUT2D eigenvalue weighted by atomic mass is 10.1. The van der Waals surface area contributed by atoms with Gasteiger partial charge in [0.15, 0.2) is 0 Å². The molecule has 1 N–H and O–H groups in total. The number of hydrogen-bond acceptors (Lipinski definition) is 4. The SMILES string of the molecule is Cc1nc(COc2ccc(C(=O)O)cc2C)cs1. The van der Waals surface area contributed by atoms with E-state index in [-0.39, 0.29) is 5.56 Å². The number of ether oxygens (including phenoxy) is 1. The highest BCUT2D eigenvalue weighted by Gasteiger charge is 2.07. The number of carbonyl (C=O) groups is 1. The first kappa shape index (κ1) is 12.6. The smallest absolute Gasteiger partial charge is 0.335 e. The van der Waals surface area contributed by atoms with Gasteiger partial charge < -0.3 is 9.84 Å². The Hall–Kier alpha value is -1.88. The fourth-order valence-corrected chi connectivity index (χ4v) is 2.17. The van der Waals surface area contributed by atoms with Crippen molar-refractivity contribution in [2.24, 2.45) is 0 Å². The van der Waals surface area contributed by atoms with E-state index in [1.165, 1.54) is 6.07 Å². The number of aryl methyl sites for hydroxylation is 2. The Balaban J connectivity index is 2.08. The fourth-order valence-electron chi connectivity index (χ4n) is 1.57. The van der Waals surface area contributed by atoms with Gasteiger partial charge in [0.25, 0.3) is 0 Å². The minimum absolute atomic E-state index is 0.268. The highest BCUT2D eigenvalue weighted by molar-refractivity contribution is 7.09. The van der Waals surface area contributed by atoms with Gasteiger partial charge in [-0.2, -0.15) is 0 Å². The van der Waals surface area contributed by atoms with Gasteiger partial charge in [-0.15, -0.1) is 11.3 Å². The molecule has 0 saturated heterocycles. The van der Waals surface area contributed by atoms with Crippen LogP contribution in [0.2, 0.25) is 0 Å². The Bertz CT molecular complexity index is 577. The van der Waals surface area contributed by atoms with Gasteiger partial charge >= 0.3 is 5.97 Å². The second-order valence-electron chi connectivity index (χ2n) is 3.93. The van der Waals surface area contributed by atoms with Crippen LogP contribution in [-0.4, -0.2) is 16.1 Å². The summed E-state index contributed by atoms with van der Waals surface area (Å²) in [5.41, 5.74) is 1.96. The summed E-state index contributed by atoms with van der Waals surface area (Å²) in [5.74, 6) is -0.245. The van der Waals surface area contributed by atoms with Gasteiger partial charge in [0.1, 0.15) is 12.4 Å². The molecule has 0 amide bonds. The molecule has 0 radical (unpaired) electrons. The summed E-state index contributed by atoms with van der Waals surface area (Å²) in [6, 6.07) is 4.82. The van der Waals surface area contributed by atoms with Gasteiger partial charge in [0, 0.05) is 5.38 Å². The maximum atomic E-state index is 10.8. The number of hydrogen-bond donors (Lipinski definition) is 1. The molecule has 18 heavy (non-hydrogen) atoms. The largest absolute Gasteiger partial charge is 0.487 e. The summed E-state index contributed by atoms with van der Waals surface area (Å²) in [5, 5.41) is 11.8. The standard InChI is InChI=1S/C13H13NO3S/c1-8-5-10(13(15)16)3-4-12(8)17-6-11-7-18-9(2)14-11/h3-5,7H,6H2,1-2H3,(H,15,16). The predicted molar refractivity (Wildman–Crippen MR) is 69.3 cm³/mol. The molecule has 4 nitrogen and oxygen atoms in total. The van der Waals surface area contributed by atoms with E-state index in [0.29, 0.717) is 12.4 Å². The zero-order valence-corrected chi connectivity index (χ0v) is 11.0. The van der Waals surface area contributed by atoms with Gasteiger partial charge in [0.05, 0.1) is 16.3 Å². The Morgan fingerprint density at radius 1 is 1.44 bits per heavy atom. The molecule has 2 rings (SSSR count). The first-order chi connectivity index (χ1) is 8.56. The number of aromatic carboxylic acids is 1. The molecule has 1 aromatic carbocycles. The number of carboxylic acids is 1. The van der Waals surface area contributed by atoms with Crippen LogP contribution in [-0.2, 0) is 6.61 Å². The molecule has 0 unspecified atom stereocenters. The Morgan fingerprint density at radius 2 is 2.22 bits per heavy atom. The molecular formula is C13H13NO3S. The maximum Gasteiger partial charge on any atom is 0.335 e. The van der Waals surface area contributed by atoms with Gasteiger partial charge in [0.2, 0.25) is 0 Å². The summed E-state index contributed by atoms with van der Waals surface area (Å²) in [4.78, 5) is 15.1. The number of thiazole rings is 1. The van der Waals surface area contributed by atoms with E-state index in [9.17, 15) is 4.79 Å². The Labute approximate surface area is 109 Å². The predicted octanol–water partition coefficient (Wildman–Crippen LogP) is 3.04. The first-order valence-electron chi connectivity index (χ1n) is 5.44. The third kappa shape index (κ3) is 2.87. The van der Waals surface area contributed by atoms with Crippen molar-refractivity contribution in [3.8, 4) is 5.75 Å². The fraction of sp³-hybridized carbons (Fsp3) is 0.231. The molecule has 2 aromatic rings. The summed E-state index contributed by atoms with van der Waals surface area (Å²) >= 11 is 1.58. The van der Waals surface area contributed by atoms with Gasteiger partial charge in [-0.05, 0) is 37.6 Å². The average molecular weight is 263 g/mol. The van der Waals surface area contributed by atoms with Gasteiger partial charge in [-0.25, -0.2) is 9.78 Å². The molecule has 0 atom stereocenters. The minimum Gasteiger partial charge on any atom is -0.487 e. The van der Waals surface area contributed by atoms with Crippen LogP contribution in [0.15, 0.2) is 23.6 Å². The van der Waals surface area contributed by atoms with Crippen molar-refractivity contribution in [1.29, 1.82) is 0 Å². The highest BCUT2D eigenvalue weighted by Crippen LogP contribution is 2.20. The van der Waals surface area contributed by atoms with Crippen molar-refractivity contribution < 1.29 is 14.6 Å². The molecule has 0 fully saturated rings. The van der Waals surface area contributed by atoms with Crippen LogP contribution < -0.4 is 4.74 Å². The van der Waals surface area contributed by atoms with Gasteiger partial charge in [-0.1, -0.05) is 0 Å². The Morgan fingerprint density at radius 3 is 2.78 bits per heavy atom. The number of aromatic nitrogens is 1. The molecule has 0 aliphatic carbocycles. The van der Waals surface area contributed by atoms with E-state index in [2.05, 4.69) is 4.98 Å². The van der Waals surface area contributed by atoms with Crippen LogP contribution in [0.1, 0.15) is 26.6 Å². The third-order valence-corrected chi connectivity index (χ3v) is 3.29. The zero-order valence-electron chi connectivity index (χ0n) is 10.1. The molecule has 1 aromatic heterocycles. The topological polar surface area (TPSA) is 59.4 Å². The Kier molecular flexibility index (Phi) is 3.62. The monoisotopic (exact) mass is 263 g/mol. The lowest BCUT2D eigenvalue weighted by molar-refractivity contribution is 0.0696. The molecular weight excluding hydrogens is 250 g/mol. The van der Waals surface area contributed by atoms with E-state index in [1.807, 2.05) is 19.2 Å². The van der Waals surface area contributed by atoms with E-state index in [1.54, 1.807) is 23.5 Å². The van der Waals surface area contributed by atoms with Crippen LogP contribution in [0.3, 0.4) is 0 Å². The highest BCUT2D eigenvalue weighted by atomic mass is 32.1. The maximum absolute atomic E-state index is 10.8. The van der Waals surface area contributed by atoms with Crippen molar-refractivity contribution in [3.63, 3.8) is 0 Å². The van der Waals surface area contributed by atoms with Crippen molar-refractivity contribution in [3.05, 3.63) is 45.4 Å². The second kappa shape index (κ2) is 5.18. The summed E-state index contributed by atoms with van der Waals surface area (Å²) in [6.45, 7) is 4.17. The zero-order chi connectivity index (χ0) is 13.1. The van der Waals surface area contributed by atoms with Crippen molar-refractivity contribution in [2.45, 2.75) is 20.5 Å². The lowest BCUT2D eigenvalue weighted by Crippen LogP contribution is -2.00. The van der Waals surface area contributed by atoms with Crippen molar-refractivity contribution in [2.75, 3.05) is 0 Å². The molecule has 0 bridgehead atoms. The number of nitrogens with zero attached hydrogens (tertiary/aromatic N) is 1. The molecule has 0 spiro atoms. The quantitative estimate of drug-likeness (QED) is 0.921. The molecule has 94 valence electrons. The first-order valence-corrected chi connectivity index (χ1v) is 6.32. The second-order valence-corrected chi connectivity index (χ2v) is 4.99. The van der Waals surface area contributed by atoms with E-state index in [0.717, 1.165) is 16.3 Å². The molecule has 1 heterocycles. The summed E-state index contributed by atoms with van der Waals surface area (Å²) in [6.07, 6.45) is 0. The average Bonchev–Trinajstić information content (AvgIpc) is 2.73. The molecule has 0 saturated carbocycles. The minimum atomic E-state index is -0.931. The van der Waals surface area contributed by atoms with Crippen LogP contribution in [0.5, 0.6) is 5.75 Å². The molecule has 0 aliphatic rings. The van der Waals surface area contributed by atoms with E-state index >= 15 is 0 Å². The molecule has 5 heteroatoms.